The van der Waals surface area contributed by atoms with Crippen molar-refractivity contribution in [3.63, 3.8) is 0 Å². The minimum absolute atomic E-state index is 0.0442. The summed E-state index contributed by atoms with van der Waals surface area (Å²) in [6, 6.07) is 5.65. The van der Waals surface area contributed by atoms with Crippen molar-refractivity contribution in [2.24, 2.45) is 0 Å². The van der Waals surface area contributed by atoms with Gasteiger partial charge in [0.2, 0.25) is 15.9 Å². The predicted molar refractivity (Wildman–Crippen MR) is 112 cm³/mol. The van der Waals surface area contributed by atoms with Crippen molar-refractivity contribution in [2.45, 2.75) is 37.8 Å². The lowest BCUT2D eigenvalue weighted by molar-refractivity contribution is -0.122. The number of halogens is 1. The Morgan fingerprint density at radius 3 is 2.59 bits per heavy atom. The summed E-state index contributed by atoms with van der Waals surface area (Å²) in [4.78, 5) is 26.9. The number of sulfonamides is 1. The molecule has 0 unspecified atom stereocenters. The molecule has 1 amide bonds. The van der Waals surface area contributed by atoms with E-state index in [1.807, 2.05) is 6.26 Å². The van der Waals surface area contributed by atoms with Gasteiger partial charge in [-0.05, 0) is 56.0 Å². The van der Waals surface area contributed by atoms with Crippen LogP contribution in [0.1, 0.15) is 23.2 Å². The van der Waals surface area contributed by atoms with Crippen LogP contribution in [-0.4, -0.2) is 37.4 Å². The molecule has 0 aliphatic rings. The van der Waals surface area contributed by atoms with Crippen molar-refractivity contribution in [1.29, 1.82) is 0 Å². The Morgan fingerprint density at radius 1 is 1.28 bits per heavy atom. The van der Waals surface area contributed by atoms with Crippen LogP contribution in [0.3, 0.4) is 0 Å². The molecule has 0 aliphatic heterocycles. The van der Waals surface area contributed by atoms with Gasteiger partial charge >= 0.3 is 0 Å². The standard InChI is InChI=1S/C19H24FN3O4S2/c1-12-10-13(2)22-18(24)14(12)11-21-19(25)16(8-9-28-3)23-29(26,27)17-7-5-4-6-15(17)20/h4-7,10,16,23H,8-9,11H2,1-3H3,(H,21,25)(H,22,24)/t16-/m1/s1. The zero-order valence-corrected chi connectivity index (χ0v) is 18.0. The second-order valence-electron chi connectivity index (χ2n) is 6.55. The van der Waals surface area contributed by atoms with Crippen LogP contribution in [0.4, 0.5) is 4.39 Å². The van der Waals surface area contributed by atoms with Crippen molar-refractivity contribution < 1.29 is 17.6 Å². The van der Waals surface area contributed by atoms with E-state index in [4.69, 9.17) is 0 Å². The van der Waals surface area contributed by atoms with E-state index in [0.717, 1.165) is 17.7 Å². The van der Waals surface area contributed by atoms with E-state index in [1.165, 1.54) is 23.9 Å². The summed E-state index contributed by atoms with van der Waals surface area (Å²) in [5.41, 5.74) is 1.51. The van der Waals surface area contributed by atoms with Crippen molar-refractivity contribution >= 4 is 27.7 Å². The Morgan fingerprint density at radius 2 is 1.97 bits per heavy atom. The number of amides is 1. The highest BCUT2D eigenvalue weighted by molar-refractivity contribution is 7.98. The summed E-state index contributed by atoms with van der Waals surface area (Å²) >= 11 is 1.45. The van der Waals surface area contributed by atoms with Crippen molar-refractivity contribution in [1.82, 2.24) is 15.0 Å². The van der Waals surface area contributed by atoms with Crippen LogP contribution in [0.15, 0.2) is 40.0 Å². The molecule has 2 rings (SSSR count). The quantitative estimate of drug-likeness (QED) is 0.550. The maximum atomic E-state index is 13.9. The van der Waals surface area contributed by atoms with E-state index in [2.05, 4.69) is 15.0 Å². The summed E-state index contributed by atoms with van der Waals surface area (Å²) in [7, 11) is -4.23. The normalized spacial score (nSPS) is 12.6. The Balaban J connectivity index is 2.18. The average Bonchev–Trinajstić information content (AvgIpc) is 2.64. The van der Waals surface area contributed by atoms with Crippen molar-refractivity contribution in [3.8, 4) is 0 Å². The number of aromatic nitrogens is 1. The van der Waals surface area contributed by atoms with Gasteiger partial charge in [0, 0.05) is 17.8 Å². The molecule has 0 fully saturated rings. The fourth-order valence-electron chi connectivity index (χ4n) is 2.79. The maximum absolute atomic E-state index is 13.9. The van der Waals surface area contributed by atoms with E-state index in [1.54, 1.807) is 19.9 Å². The summed E-state index contributed by atoms with van der Waals surface area (Å²) in [5.74, 6) is -0.966. The number of H-pyrrole nitrogens is 1. The largest absolute Gasteiger partial charge is 0.350 e. The molecule has 1 atom stereocenters. The molecule has 0 saturated heterocycles. The molecular weight excluding hydrogens is 417 g/mol. The first-order valence-corrected chi connectivity index (χ1v) is 11.8. The van der Waals surface area contributed by atoms with Gasteiger partial charge in [-0.2, -0.15) is 16.5 Å². The number of benzene rings is 1. The third kappa shape index (κ3) is 6.15. The monoisotopic (exact) mass is 441 g/mol. The molecule has 0 radical (unpaired) electrons. The van der Waals surface area contributed by atoms with Gasteiger partial charge in [-0.25, -0.2) is 12.8 Å². The number of hydrogen-bond donors (Lipinski definition) is 3. The number of nitrogens with one attached hydrogen (secondary N) is 3. The van der Waals surface area contributed by atoms with Gasteiger partial charge in [-0.15, -0.1) is 0 Å². The van der Waals surface area contributed by atoms with Gasteiger partial charge < -0.3 is 10.3 Å². The summed E-state index contributed by atoms with van der Waals surface area (Å²) < 4.78 is 41.3. The number of rotatable bonds is 9. The summed E-state index contributed by atoms with van der Waals surface area (Å²) in [6.45, 7) is 3.47. The van der Waals surface area contributed by atoms with Crippen LogP contribution in [0, 0.1) is 19.7 Å². The van der Waals surface area contributed by atoms with Crippen molar-refractivity contribution in [2.75, 3.05) is 12.0 Å². The molecule has 0 aliphatic carbocycles. The first-order chi connectivity index (χ1) is 13.7. The van der Waals surface area contributed by atoms with Gasteiger partial charge in [-0.1, -0.05) is 12.1 Å². The fourth-order valence-corrected chi connectivity index (χ4v) is 4.57. The molecule has 158 valence electrons. The minimum atomic E-state index is -4.23. The molecule has 0 saturated carbocycles. The zero-order valence-electron chi connectivity index (χ0n) is 16.4. The Bertz CT molecular complexity index is 1040. The van der Waals surface area contributed by atoms with E-state index >= 15 is 0 Å². The summed E-state index contributed by atoms with van der Waals surface area (Å²) in [5, 5.41) is 2.61. The number of pyridine rings is 1. The van der Waals surface area contributed by atoms with Gasteiger partial charge in [0.25, 0.3) is 5.56 Å². The number of carbonyl (C=O) groups excluding carboxylic acids is 1. The lowest BCUT2D eigenvalue weighted by atomic mass is 10.1. The molecule has 1 aromatic heterocycles. The van der Waals surface area contributed by atoms with E-state index in [9.17, 15) is 22.4 Å². The Kier molecular flexibility index (Phi) is 8.00. The highest BCUT2D eigenvalue weighted by Crippen LogP contribution is 2.15. The second-order valence-corrected chi connectivity index (χ2v) is 9.21. The van der Waals surface area contributed by atoms with E-state index in [-0.39, 0.29) is 18.5 Å². The molecule has 29 heavy (non-hydrogen) atoms. The van der Waals surface area contributed by atoms with Crippen LogP contribution < -0.4 is 15.6 Å². The highest BCUT2D eigenvalue weighted by atomic mass is 32.2. The lowest BCUT2D eigenvalue weighted by Crippen LogP contribution is -2.47. The molecular formula is C19H24FN3O4S2. The third-order valence-corrected chi connectivity index (χ3v) is 6.43. The molecule has 7 nitrogen and oxygen atoms in total. The molecule has 3 N–H and O–H groups in total. The average molecular weight is 442 g/mol. The predicted octanol–water partition coefficient (Wildman–Crippen LogP) is 1.85. The van der Waals surface area contributed by atoms with E-state index < -0.39 is 32.7 Å². The first kappa shape index (κ1) is 23.1. The second kappa shape index (κ2) is 10.0. The number of hydrogen-bond acceptors (Lipinski definition) is 5. The topological polar surface area (TPSA) is 108 Å². The Labute approximate surface area is 173 Å². The minimum Gasteiger partial charge on any atom is -0.350 e. The zero-order chi connectivity index (χ0) is 21.6. The maximum Gasteiger partial charge on any atom is 0.253 e. The van der Waals surface area contributed by atoms with Crippen LogP contribution in [0.2, 0.25) is 0 Å². The molecule has 1 heterocycles. The number of thioether (sulfide) groups is 1. The van der Waals surface area contributed by atoms with Gasteiger partial charge in [0.1, 0.15) is 16.8 Å². The SMILES string of the molecule is CSCC[C@@H](NS(=O)(=O)c1ccccc1F)C(=O)NCc1c(C)cc(C)[nH]c1=O. The van der Waals surface area contributed by atoms with E-state index in [0.29, 0.717) is 17.0 Å². The van der Waals surface area contributed by atoms with Crippen LogP contribution >= 0.6 is 11.8 Å². The molecule has 0 spiro atoms. The van der Waals surface area contributed by atoms with Crippen LogP contribution in [-0.2, 0) is 21.4 Å². The van der Waals surface area contributed by atoms with Gasteiger partial charge in [0.05, 0.1) is 0 Å². The first-order valence-electron chi connectivity index (χ1n) is 8.88. The fraction of sp³-hybridized carbons (Fsp3) is 0.368. The molecule has 10 heteroatoms. The van der Waals surface area contributed by atoms with Crippen molar-refractivity contribution in [3.05, 3.63) is 63.3 Å². The van der Waals surface area contributed by atoms with Crippen LogP contribution in [0.25, 0.3) is 0 Å². The smallest absolute Gasteiger partial charge is 0.253 e. The highest BCUT2D eigenvalue weighted by Gasteiger charge is 2.27. The van der Waals surface area contributed by atoms with Crippen LogP contribution in [0.5, 0.6) is 0 Å². The van der Waals surface area contributed by atoms with Gasteiger partial charge in [-0.3, -0.25) is 9.59 Å². The summed E-state index contributed by atoms with van der Waals surface area (Å²) in [6.07, 6.45) is 2.04. The number of aryl methyl sites for hydroxylation is 2. The molecule has 2 aromatic rings. The third-order valence-electron chi connectivity index (χ3n) is 4.28. The molecule has 0 bridgehead atoms. The molecule has 1 aromatic carbocycles. The number of aromatic amines is 1. The lowest BCUT2D eigenvalue weighted by Gasteiger charge is -2.19. The van der Waals surface area contributed by atoms with Gasteiger partial charge in [0.15, 0.2) is 0 Å². The Hall–Kier alpha value is -2.17. The number of carbonyl (C=O) groups is 1.